The fourth-order valence-corrected chi connectivity index (χ4v) is 3.58. The molecule has 0 fully saturated rings. The van der Waals surface area contributed by atoms with Crippen LogP contribution in [0.2, 0.25) is 0 Å². The molecule has 0 saturated heterocycles. The first-order valence-corrected chi connectivity index (χ1v) is 9.83. The van der Waals surface area contributed by atoms with Crippen LogP contribution >= 0.6 is 11.3 Å². The zero-order valence-corrected chi connectivity index (χ0v) is 16.4. The Hall–Kier alpha value is -3.33. The Morgan fingerprint density at radius 1 is 1.20 bits per heavy atom. The van der Waals surface area contributed by atoms with Crippen molar-refractivity contribution in [1.82, 2.24) is 4.98 Å². The van der Waals surface area contributed by atoms with Crippen molar-refractivity contribution in [3.05, 3.63) is 65.0 Å². The van der Waals surface area contributed by atoms with E-state index in [0.29, 0.717) is 29.4 Å². The molecule has 2 aromatic carbocycles. The highest BCUT2D eigenvalue weighted by Gasteiger charge is 2.31. The molecule has 4 aromatic rings. The summed E-state index contributed by atoms with van der Waals surface area (Å²) in [6, 6.07) is 11.6. The molecule has 0 saturated carbocycles. The number of aromatic nitrogens is 1. The van der Waals surface area contributed by atoms with Crippen LogP contribution in [-0.2, 0) is 6.18 Å². The van der Waals surface area contributed by atoms with Gasteiger partial charge in [0, 0.05) is 16.3 Å². The summed E-state index contributed by atoms with van der Waals surface area (Å²) in [4.78, 5) is 16.7. The fourth-order valence-electron chi connectivity index (χ4n) is 2.88. The molecule has 0 unspecified atom stereocenters. The molecule has 1 amide bonds. The van der Waals surface area contributed by atoms with Crippen molar-refractivity contribution in [3.63, 3.8) is 0 Å². The van der Waals surface area contributed by atoms with Crippen LogP contribution in [0.3, 0.4) is 0 Å². The van der Waals surface area contributed by atoms with Crippen LogP contribution in [0.4, 0.5) is 18.3 Å². The van der Waals surface area contributed by atoms with Crippen molar-refractivity contribution in [1.29, 1.82) is 0 Å². The molecule has 2 aromatic heterocycles. The predicted octanol–water partition coefficient (Wildman–Crippen LogP) is 6.23. The molecule has 30 heavy (non-hydrogen) atoms. The molecule has 0 aliphatic rings. The highest BCUT2D eigenvalue weighted by molar-refractivity contribution is 7.14. The van der Waals surface area contributed by atoms with Crippen molar-refractivity contribution >= 4 is 33.3 Å². The number of carbonyl (C=O) groups excluding carboxylic acids is 1. The SMILES string of the molecule is CCOc1cccc2cc(-c3csc(NC(=O)c4cccc(C(F)(F)F)c4)n3)oc12. The van der Waals surface area contributed by atoms with Crippen LogP contribution in [0, 0.1) is 0 Å². The topological polar surface area (TPSA) is 64.4 Å². The number of nitrogens with one attached hydrogen (secondary N) is 1. The normalized spacial score (nSPS) is 11.6. The van der Waals surface area contributed by atoms with Gasteiger partial charge in [-0.15, -0.1) is 11.3 Å². The first kappa shape index (κ1) is 20.0. The lowest BCUT2D eigenvalue weighted by Crippen LogP contribution is -2.13. The number of amides is 1. The summed E-state index contributed by atoms with van der Waals surface area (Å²) < 4.78 is 50.0. The van der Waals surface area contributed by atoms with Crippen LogP contribution in [0.25, 0.3) is 22.4 Å². The standard InChI is InChI=1S/C21H15F3N2O3S/c1-2-28-16-8-4-5-12-10-17(29-18(12)16)15-11-30-20(25-15)26-19(27)13-6-3-7-14(9-13)21(22,23)24/h3-11H,2H2,1H3,(H,25,26,27). The third-order valence-electron chi connectivity index (χ3n) is 4.24. The molecule has 5 nitrogen and oxygen atoms in total. The number of carbonyl (C=O) groups is 1. The summed E-state index contributed by atoms with van der Waals surface area (Å²) in [6.45, 7) is 2.38. The van der Waals surface area contributed by atoms with E-state index in [0.717, 1.165) is 28.9 Å². The van der Waals surface area contributed by atoms with E-state index >= 15 is 0 Å². The van der Waals surface area contributed by atoms with Crippen molar-refractivity contribution in [2.45, 2.75) is 13.1 Å². The lowest BCUT2D eigenvalue weighted by molar-refractivity contribution is -0.137. The minimum Gasteiger partial charge on any atom is -0.490 e. The fraction of sp³-hybridized carbons (Fsp3) is 0.143. The smallest absolute Gasteiger partial charge is 0.416 e. The van der Waals surface area contributed by atoms with E-state index in [-0.39, 0.29) is 10.7 Å². The third kappa shape index (κ3) is 4.02. The van der Waals surface area contributed by atoms with Crippen molar-refractivity contribution in [2.24, 2.45) is 0 Å². The molecule has 2 heterocycles. The predicted molar refractivity (Wildman–Crippen MR) is 108 cm³/mol. The average Bonchev–Trinajstić information content (AvgIpc) is 3.35. The lowest BCUT2D eigenvalue weighted by atomic mass is 10.1. The van der Waals surface area contributed by atoms with E-state index in [1.165, 1.54) is 12.1 Å². The number of nitrogens with zero attached hydrogens (tertiary/aromatic N) is 1. The second-order valence-corrected chi connectivity index (χ2v) is 7.15. The number of ether oxygens (including phenoxy) is 1. The van der Waals surface area contributed by atoms with E-state index < -0.39 is 17.6 Å². The Labute approximate surface area is 173 Å². The van der Waals surface area contributed by atoms with Gasteiger partial charge < -0.3 is 9.15 Å². The van der Waals surface area contributed by atoms with Crippen molar-refractivity contribution < 1.29 is 27.1 Å². The minimum atomic E-state index is -4.52. The van der Waals surface area contributed by atoms with E-state index in [1.54, 1.807) is 11.4 Å². The quantitative estimate of drug-likeness (QED) is 0.406. The molecule has 0 spiro atoms. The highest BCUT2D eigenvalue weighted by Crippen LogP contribution is 2.35. The summed E-state index contributed by atoms with van der Waals surface area (Å²) in [5, 5.41) is 5.32. The number of furan rings is 1. The van der Waals surface area contributed by atoms with Gasteiger partial charge >= 0.3 is 6.18 Å². The van der Waals surface area contributed by atoms with Gasteiger partial charge in [0.15, 0.2) is 22.2 Å². The van der Waals surface area contributed by atoms with Crippen LogP contribution in [0.5, 0.6) is 5.75 Å². The molecule has 0 atom stereocenters. The Morgan fingerprint density at radius 2 is 2.00 bits per heavy atom. The number of halogens is 3. The van der Waals surface area contributed by atoms with Gasteiger partial charge in [0.2, 0.25) is 0 Å². The second kappa shape index (κ2) is 7.83. The number of anilines is 1. The maximum atomic E-state index is 12.9. The molecular weight excluding hydrogens is 417 g/mol. The van der Waals surface area contributed by atoms with Gasteiger partial charge in [0.25, 0.3) is 5.91 Å². The number of hydrogen-bond donors (Lipinski definition) is 1. The number of hydrogen-bond acceptors (Lipinski definition) is 5. The van der Waals surface area contributed by atoms with Gasteiger partial charge in [-0.3, -0.25) is 10.1 Å². The Balaban J connectivity index is 1.56. The molecule has 0 radical (unpaired) electrons. The van der Waals surface area contributed by atoms with Crippen LogP contribution < -0.4 is 10.1 Å². The van der Waals surface area contributed by atoms with E-state index in [2.05, 4.69) is 10.3 Å². The van der Waals surface area contributed by atoms with Gasteiger partial charge in [-0.25, -0.2) is 4.98 Å². The van der Waals surface area contributed by atoms with Gasteiger partial charge in [-0.05, 0) is 37.3 Å². The molecule has 154 valence electrons. The molecular formula is C21H15F3N2O3S. The van der Waals surface area contributed by atoms with Crippen LogP contribution in [0.1, 0.15) is 22.8 Å². The Kier molecular flexibility index (Phi) is 5.21. The third-order valence-corrected chi connectivity index (χ3v) is 4.99. The Bertz CT molecular complexity index is 1210. The number of alkyl halides is 3. The molecule has 0 aliphatic carbocycles. The zero-order chi connectivity index (χ0) is 21.3. The average molecular weight is 432 g/mol. The maximum Gasteiger partial charge on any atom is 0.416 e. The summed E-state index contributed by atoms with van der Waals surface area (Å²) in [5.74, 6) is 0.438. The van der Waals surface area contributed by atoms with Crippen LogP contribution in [0.15, 0.2) is 58.3 Å². The molecule has 0 bridgehead atoms. The summed E-state index contributed by atoms with van der Waals surface area (Å²) in [6.07, 6.45) is -4.52. The number of rotatable bonds is 5. The number of para-hydroxylation sites is 1. The zero-order valence-electron chi connectivity index (χ0n) is 15.6. The monoisotopic (exact) mass is 432 g/mol. The summed E-state index contributed by atoms with van der Waals surface area (Å²) >= 11 is 1.14. The molecule has 4 rings (SSSR count). The van der Waals surface area contributed by atoms with E-state index in [1.807, 2.05) is 25.1 Å². The van der Waals surface area contributed by atoms with Gasteiger partial charge in [0.05, 0.1) is 12.2 Å². The first-order valence-electron chi connectivity index (χ1n) is 8.95. The maximum absolute atomic E-state index is 12.9. The van der Waals surface area contributed by atoms with Gasteiger partial charge in [0.1, 0.15) is 5.69 Å². The molecule has 0 aliphatic heterocycles. The van der Waals surface area contributed by atoms with Crippen molar-refractivity contribution in [3.8, 4) is 17.2 Å². The number of benzene rings is 2. The van der Waals surface area contributed by atoms with E-state index in [9.17, 15) is 18.0 Å². The molecule has 1 N–H and O–H groups in total. The van der Waals surface area contributed by atoms with Gasteiger partial charge in [-0.2, -0.15) is 13.2 Å². The second-order valence-electron chi connectivity index (χ2n) is 6.29. The number of thiazole rings is 1. The van der Waals surface area contributed by atoms with E-state index in [4.69, 9.17) is 9.15 Å². The largest absolute Gasteiger partial charge is 0.490 e. The summed E-state index contributed by atoms with van der Waals surface area (Å²) in [7, 11) is 0. The lowest BCUT2D eigenvalue weighted by Gasteiger charge is -2.08. The summed E-state index contributed by atoms with van der Waals surface area (Å²) in [5.41, 5.74) is 0.101. The molecule has 9 heteroatoms. The van der Waals surface area contributed by atoms with Crippen molar-refractivity contribution in [2.75, 3.05) is 11.9 Å². The van der Waals surface area contributed by atoms with Gasteiger partial charge in [-0.1, -0.05) is 18.2 Å². The number of fused-ring (bicyclic) bond motifs is 1. The van der Waals surface area contributed by atoms with Crippen LogP contribution in [-0.4, -0.2) is 17.5 Å². The Morgan fingerprint density at radius 3 is 2.77 bits per heavy atom. The highest BCUT2D eigenvalue weighted by atomic mass is 32.1. The first-order chi connectivity index (χ1) is 14.3. The minimum absolute atomic E-state index is 0.105.